The third kappa shape index (κ3) is 6.57. The summed E-state index contributed by atoms with van der Waals surface area (Å²) in [6, 6.07) is 10.3. The standard InChI is InChI=1S/C32H35ClFN3O5S/c33-26-12-20(27(34)15-28(26)35-31(39)25-18-43-29-5-2-1-4-24(25)29)13-30(38)37-16-21(36-10-3-11-36)14-22(37)17-42-23-8-6-19(7-9-23)32(40)41/h1-2,4-5,12,15,18-19,21-23H,3,6-11,13-14,16-17H2,(H,35,39)(H,40,41)/t19-,21-,22-,23-/m0/s1. The molecule has 3 aromatic rings. The number of aliphatic carboxylic acids is 1. The molecule has 2 atom stereocenters. The molecule has 43 heavy (non-hydrogen) atoms. The van der Waals surface area contributed by atoms with Gasteiger partial charge in [0.15, 0.2) is 0 Å². The van der Waals surface area contributed by atoms with E-state index in [4.69, 9.17) is 16.3 Å². The Morgan fingerprint density at radius 1 is 1.12 bits per heavy atom. The Balaban J connectivity index is 1.11. The van der Waals surface area contributed by atoms with Crippen molar-refractivity contribution < 1.29 is 28.6 Å². The highest BCUT2D eigenvalue weighted by Crippen LogP contribution is 2.32. The molecule has 3 fully saturated rings. The van der Waals surface area contributed by atoms with Gasteiger partial charge in [0.1, 0.15) is 5.82 Å². The first kappa shape index (κ1) is 30.0. The van der Waals surface area contributed by atoms with Crippen LogP contribution in [-0.2, 0) is 20.7 Å². The second-order valence-corrected chi connectivity index (χ2v) is 13.1. The Bertz CT molecular complexity index is 1520. The van der Waals surface area contributed by atoms with Crippen molar-refractivity contribution in [3.63, 3.8) is 0 Å². The molecule has 1 aromatic heterocycles. The molecular formula is C32H35ClFN3O5S. The van der Waals surface area contributed by atoms with Gasteiger partial charge < -0.3 is 20.1 Å². The summed E-state index contributed by atoms with van der Waals surface area (Å²) in [5.74, 6) is -2.23. The summed E-state index contributed by atoms with van der Waals surface area (Å²) >= 11 is 7.94. The first-order valence-corrected chi connectivity index (χ1v) is 16.2. The van der Waals surface area contributed by atoms with Gasteiger partial charge in [-0.1, -0.05) is 29.8 Å². The van der Waals surface area contributed by atoms with Crippen molar-refractivity contribution in [3.8, 4) is 0 Å². The highest BCUT2D eigenvalue weighted by molar-refractivity contribution is 7.17. The van der Waals surface area contributed by atoms with Gasteiger partial charge in [-0.2, -0.15) is 0 Å². The van der Waals surface area contributed by atoms with Crippen LogP contribution < -0.4 is 5.32 Å². The van der Waals surface area contributed by atoms with Crippen LogP contribution in [0.3, 0.4) is 0 Å². The molecule has 0 bridgehead atoms. The molecule has 228 valence electrons. The molecule has 11 heteroatoms. The van der Waals surface area contributed by atoms with E-state index in [1.54, 1.807) is 5.38 Å². The Morgan fingerprint density at radius 3 is 2.60 bits per heavy atom. The molecule has 2 saturated heterocycles. The van der Waals surface area contributed by atoms with E-state index in [0.29, 0.717) is 44.4 Å². The zero-order valence-corrected chi connectivity index (χ0v) is 25.3. The number of anilines is 1. The summed E-state index contributed by atoms with van der Waals surface area (Å²) in [6.45, 7) is 2.97. The fourth-order valence-electron chi connectivity index (χ4n) is 6.48. The SMILES string of the molecule is O=C(Nc1cc(F)c(CC(=O)N2C[C@@H](N3CCC3)C[C@H]2CO[C@H]2CC[C@H](C(=O)O)CC2)cc1Cl)c1csc2ccccc12. The normalized spacial score (nSPS) is 24.2. The summed E-state index contributed by atoms with van der Waals surface area (Å²) < 4.78 is 22.5. The Hall–Kier alpha value is -3.05. The van der Waals surface area contributed by atoms with Gasteiger partial charge in [-0.15, -0.1) is 11.3 Å². The number of hydrogen-bond donors (Lipinski definition) is 2. The quantitative estimate of drug-likeness (QED) is 0.310. The average Bonchev–Trinajstić information content (AvgIpc) is 3.58. The highest BCUT2D eigenvalue weighted by Gasteiger charge is 2.40. The molecule has 0 unspecified atom stereocenters. The molecule has 2 aliphatic heterocycles. The number of ether oxygens (including phenoxy) is 1. The summed E-state index contributed by atoms with van der Waals surface area (Å²) in [5.41, 5.74) is 0.817. The van der Waals surface area contributed by atoms with Crippen LogP contribution in [0.1, 0.15) is 54.4 Å². The Kier molecular flexibility index (Phi) is 9.00. The van der Waals surface area contributed by atoms with E-state index in [9.17, 15) is 19.5 Å². The second kappa shape index (κ2) is 12.9. The van der Waals surface area contributed by atoms with Crippen molar-refractivity contribution in [3.05, 3.63) is 63.7 Å². The number of benzene rings is 2. The number of carboxylic acids is 1. The molecule has 6 rings (SSSR count). The van der Waals surface area contributed by atoms with Crippen molar-refractivity contribution in [2.24, 2.45) is 5.92 Å². The first-order valence-electron chi connectivity index (χ1n) is 14.9. The molecular weight excluding hydrogens is 593 g/mol. The predicted molar refractivity (Wildman–Crippen MR) is 164 cm³/mol. The Labute approximate surface area is 258 Å². The van der Waals surface area contributed by atoms with Crippen molar-refractivity contribution in [1.82, 2.24) is 9.80 Å². The van der Waals surface area contributed by atoms with E-state index in [1.165, 1.54) is 23.5 Å². The van der Waals surface area contributed by atoms with Gasteiger partial charge in [-0.05, 0) is 75.4 Å². The van der Waals surface area contributed by atoms with E-state index in [2.05, 4.69) is 10.2 Å². The molecule has 3 aliphatic rings. The van der Waals surface area contributed by atoms with Crippen LogP contribution in [0.4, 0.5) is 10.1 Å². The molecule has 2 amide bonds. The maximum Gasteiger partial charge on any atom is 0.306 e. The maximum absolute atomic E-state index is 15.3. The molecule has 0 radical (unpaired) electrons. The van der Waals surface area contributed by atoms with Gasteiger partial charge in [-0.25, -0.2) is 4.39 Å². The minimum Gasteiger partial charge on any atom is -0.481 e. The monoisotopic (exact) mass is 627 g/mol. The van der Waals surface area contributed by atoms with E-state index in [1.807, 2.05) is 29.2 Å². The van der Waals surface area contributed by atoms with Crippen LogP contribution >= 0.6 is 22.9 Å². The van der Waals surface area contributed by atoms with Crippen LogP contribution in [0.15, 0.2) is 41.8 Å². The van der Waals surface area contributed by atoms with Crippen molar-refractivity contribution in [2.75, 3.05) is 31.6 Å². The number of likely N-dealkylation sites (tertiary alicyclic amines) is 2. The summed E-state index contributed by atoms with van der Waals surface area (Å²) in [7, 11) is 0. The highest BCUT2D eigenvalue weighted by atomic mass is 35.5. The van der Waals surface area contributed by atoms with Gasteiger partial charge in [0, 0.05) is 28.1 Å². The van der Waals surface area contributed by atoms with Crippen LogP contribution in [0.25, 0.3) is 10.1 Å². The van der Waals surface area contributed by atoms with Crippen molar-refractivity contribution in [2.45, 2.75) is 63.1 Å². The fourth-order valence-corrected chi connectivity index (χ4v) is 7.65. The molecule has 1 saturated carbocycles. The van der Waals surface area contributed by atoms with E-state index in [0.717, 1.165) is 36.0 Å². The zero-order chi connectivity index (χ0) is 30.1. The van der Waals surface area contributed by atoms with Gasteiger partial charge in [-0.3, -0.25) is 19.3 Å². The molecule has 3 heterocycles. The van der Waals surface area contributed by atoms with Crippen LogP contribution in [-0.4, -0.2) is 77.1 Å². The Morgan fingerprint density at radius 2 is 1.88 bits per heavy atom. The van der Waals surface area contributed by atoms with Gasteiger partial charge >= 0.3 is 5.97 Å². The number of thiophene rings is 1. The molecule has 2 N–H and O–H groups in total. The topological polar surface area (TPSA) is 99.2 Å². The first-order chi connectivity index (χ1) is 20.8. The maximum atomic E-state index is 15.3. The number of amides is 2. The summed E-state index contributed by atoms with van der Waals surface area (Å²) in [4.78, 5) is 42.0. The van der Waals surface area contributed by atoms with E-state index in [-0.39, 0.29) is 58.6 Å². The molecule has 0 spiro atoms. The number of carboxylic acid groups (broad SMARTS) is 1. The van der Waals surface area contributed by atoms with Crippen LogP contribution in [0.2, 0.25) is 5.02 Å². The number of rotatable bonds is 9. The lowest BCUT2D eigenvalue weighted by Crippen LogP contribution is -2.46. The van der Waals surface area contributed by atoms with Crippen molar-refractivity contribution in [1.29, 1.82) is 0 Å². The molecule has 1 aliphatic carbocycles. The predicted octanol–water partition coefficient (Wildman–Crippen LogP) is 5.82. The lowest BCUT2D eigenvalue weighted by Gasteiger charge is -2.36. The smallest absolute Gasteiger partial charge is 0.306 e. The third-order valence-electron chi connectivity index (χ3n) is 9.12. The molecule has 8 nitrogen and oxygen atoms in total. The lowest BCUT2D eigenvalue weighted by molar-refractivity contribution is -0.144. The second-order valence-electron chi connectivity index (χ2n) is 11.8. The zero-order valence-electron chi connectivity index (χ0n) is 23.8. The number of carbonyl (C=O) groups excluding carboxylic acids is 2. The van der Waals surface area contributed by atoms with E-state index < -0.39 is 11.8 Å². The van der Waals surface area contributed by atoms with E-state index >= 15 is 4.39 Å². The third-order valence-corrected chi connectivity index (χ3v) is 10.4. The van der Waals surface area contributed by atoms with Gasteiger partial charge in [0.2, 0.25) is 5.91 Å². The number of hydrogen-bond acceptors (Lipinski definition) is 6. The average molecular weight is 628 g/mol. The lowest BCUT2D eigenvalue weighted by atomic mass is 9.87. The number of nitrogens with zero attached hydrogens (tertiary/aromatic N) is 2. The van der Waals surface area contributed by atoms with Gasteiger partial charge in [0.05, 0.1) is 47.4 Å². The summed E-state index contributed by atoms with van der Waals surface area (Å²) in [5, 5.41) is 14.7. The fraction of sp³-hybridized carbons (Fsp3) is 0.469. The van der Waals surface area contributed by atoms with Gasteiger partial charge in [0.25, 0.3) is 5.91 Å². The number of fused-ring (bicyclic) bond motifs is 1. The minimum atomic E-state index is -0.748. The number of nitrogens with one attached hydrogen (secondary N) is 1. The van der Waals surface area contributed by atoms with Crippen LogP contribution in [0, 0.1) is 11.7 Å². The van der Waals surface area contributed by atoms with Crippen molar-refractivity contribution >= 4 is 56.5 Å². The molecule has 2 aromatic carbocycles. The van der Waals surface area contributed by atoms with Crippen LogP contribution in [0.5, 0.6) is 0 Å². The largest absolute Gasteiger partial charge is 0.481 e. The number of halogens is 2. The minimum absolute atomic E-state index is 0.0123. The number of carbonyl (C=O) groups is 3. The summed E-state index contributed by atoms with van der Waals surface area (Å²) in [6.07, 6.45) is 4.37.